The van der Waals surface area contributed by atoms with E-state index in [9.17, 15) is 13.2 Å². The maximum atomic E-state index is 13.5. The van der Waals surface area contributed by atoms with Crippen molar-refractivity contribution in [3.05, 3.63) is 72.3 Å². The average Bonchev–Trinajstić information content (AvgIpc) is 2.91. The number of anilines is 3. The number of amides is 1. The van der Waals surface area contributed by atoms with E-state index < -0.39 is 10.0 Å². The van der Waals surface area contributed by atoms with Crippen LogP contribution in [0.4, 0.5) is 17.3 Å². The van der Waals surface area contributed by atoms with Crippen LogP contribution >= 0.6 is 0 Å². The van der Waals surface area contributed by atoms with Crippen LogP contribution in [-0.4, -0.2) is 51.6 Å². The summed E-state index contributed by atoms with van der Waals surface area (Å²) in [6, 6.07) is 18.7. The second-order valence-electron chi connectivity index (χ2n) is 8.96. The fourth-order valence-electron chi connectivity index (χ4n) is 3.99. The molecule has 39 heavy (non-hydrogen) atoms. The Morgan fingerprint density at radius 2 is 1.59 bits per heavy atom. The van der Waals surface area contributed by atoms with Gasteiger partial charge in [-0.2, -0.15) is 0 Å². The summed E-state index contributed by atoms with van der Waals surface area (Å²) < 4.78 is 40.2. The summed E-state index contributed by atoms with van der Waals surface area (Å²) in [6.07, 6.45) is 0. The van der Waals surface area contributed by atoms with Gasteiger partial charge in [-0.25, -0.2) is 18.4 Å². The van der Waals surface area contributed by atoms with Crippen molar-refractivity contribution in [2.24, 2.45) is 5.92 Å². The van der Waals surface area contributed by atoms with Gasteiger partial charge in [0.25, 0.3) is 10.0 Å². The molecule has 2 heterocycles. The summed E-state index contributed by atoms with van der Waals surface area (Å²) >= 11 is 0. The normalized spacial score (nSPS) is 13.4. The molecular formula is C27H28N6O5S. The number of methoxy groups -OCH3 is 2. The number of fused-ring (bicyclic) bond motifs is 1. The molecule has 4 aromatic rings. The van der Waals surface area contributed by atoms with Crippen LogP contribution in [0, 0.1) is 5.92 Å². The van der Waals surface area contributed by atoms with E-state index in [4.69, 9.17) is 9.47 Å². The summed E-state index contributed by atoms with van der Waals surface area (Å²) in [5.41, 5.74) is 2.32. The lowest BCUT2D eigenvalue weighted by atomic mass is 10.0. The highest BCUT2D eigenvalue weighted by atomic mass is 32.2. The lowest BCUT2D eigenvalue weighted by Crippen LogP contribution is -2.50. The molecule has 202 valence electrons. The third-order valence-corrected chi connectivity index (χ3v) is 7.58. The minimum Gasteiger partial charge on any atom is -0.497 e. The number of carbonyl (C=O) groups is 1. The van der Waals surface area contributed by atoms with Gasteiger partial charge in [-0.15, -0.1) is 0 Å². The molecule has 0 bridgehead atoms. The van der Waals surface area contributed by atoms with Gasteiger partial charge in [0.1, 0.15) is 11.5 Å². The molecule has 0 unspecified atom stereocenters. The molecule has 0 spiro atoms. The second-order valence-corrected chi connectivity index (χ2v) is 10.6. The number of aromatic nitrogens is 2. The molecule has 1 aliphatic rings. The van der Waals surface area contributed by atoms with E-state index in [1.54, 1.807) is 48.5 Å². The molecule has 1 aliphatic heterocycles. The maximum absolute atomic E-state index is 13.5. The number of benzene rings is 3. The number of ether oxygens (including phenoxy) is 2. The molecule has 0 radical (unpaired) electrons. The number of carbonyl (C=O) groups excluding carboxylic acids is 1. The summed E-state index contributed by atoms with van der Waals surface area (Å²) in [6.45, 7) is 1.52. The standard InChI is InChI=1S/C27H28N6O5S/c1-37-20-11-19(12-21(13-20)38-2)30-25-26(32-24-9-4-3-8-23(24)31-25)33-39(35,36)22-7-5-6-17(10-22)14-29-27(34)18-15-28-16-18/h3-13,18,28H,14-16H2,1-2H3,(H,29,34)(H,30,31)(H,32,33). The van der Waals surface area contributed by atoms with Gasteiger partial charge < -0.3 is 25.4 Å². The van der Waals surface area contributed by atoms with Crippen LogP contribution in [0.2, 0.25) is 0 Å². The minimum atomic E-state index is -4.06. The first-order valence-corrected chi connectivity index (χ1v) is 13.7. The fourth-order valence-corrected chi connectivity index (χ4v) is 5.07. The van der Waals surface area contributed by atoms with Gasteiger partial charge in [0, 0.05) is 43.5 Å². The van der Waals surface area contributed by atoms with Crippen molar-refractivity contribution < 1.29 is 22.7 Å². The third-order valence-electron chi connectivity index (χ3n) is 6.24. The van der Waals surface area contributed by atoms with Crippen molar-refractivity contribution in [3.8, 4) is 11.5 Å². The molecule has 1 fully saturated rings. The van der Waals surface area contributed by atoms with E-state index in [2.05, 4.69) is 30.6 Å². The first-order valence-electron chi connectivity index (χ1n) is 12.2. The molecule has 1 saturated heterocycles. The zero-order valence-electron chi connectivity index (χ0n) is 21.4. The van der Waals surface area contributed by atoms with Gasteiger partial charge in [0.15, 0.2) is 11.6 Å². The van der Waals surface area contributed by atoms with Crippen LogP contribution in [0.15, 0.2) is 71.6 Å². The van der Waals surface area contributed by atoms with E-state index in [0.717, 1.165) is 0 Å². The predicted octanol–water partition coefficient (Wildman–Crippen LogP) is 3.03. The molecule has 11 nitrogen and oxygen atoms in total. The SMILES string of the molecule is COc1cc(Nc2nc3ccccc3nc2NS(=O)(=O)c2cccc(CNC(=O)C3CNC3)c2)cc(OC)c1. The first kappa shape index (κ1) is 26.2. The van der Waals surface area contributed by atoms with Crippen molar-refractivity contribution in [1.29, 1.82) is 0 Å². The molecule has 4 N–H and O–H groups in total. The number of nitrogens with one attached hydrogen (secondary N) is 4. The van der Waals surface area contributed by atoms with Crippen molar-refractivity contribution in [3.63, 3.8) is 0 Å². The van der Waals surface area contributed by atoms with Crippen molar-refractivity contribution in [2.75, 3.05) is 37.3 Å². The van der Waals surface area contributed by atoms with Crippen LogP contribution in [-0.2, 0) is 21.4 Å². The molecular weight excluding hydrogens is 520 g/mol. The Morgan fingerprint density at radius 1 is 0.923 bits per heavy atom. The van der Waals surface area contributed by atoms with E-state index in [0.29, 0.717) is 46.9 Å². The lowest BCUT2D eigenvalue weighted by Gasteiger charge is -2.25. The van der Waals surface area contributed by atoms with Gasteiger partial charge in [-0.1, -0.05) is 24.3 Å². The minimum absolute atomic E-state index is 0.0201. The molecule has 3 aromatic carbocycles. The average molecular weight is 549 g/mol. The number of sulfonamides is 1. The van der Waals surface area contributed by atoms with E-state index in [1.807, 2.05) is 6.07 Å². The largest absolute Gasteiger partial charge is 0.497 e. The smallest absolute Gasteiger partial charge is 0.263 e. The zero-order valence-corrected chi connectivity index (χ0v) is 22.2. The van der Waals surface area contributed by atoms with E-state index in [1.165, 1.54) is 26.4 Å². The molecule has 0 aliphatic carbocycles. The molecule has 1 aromatic heterocycles. The highest BCUT2D eigenvalue weighted by Crippen LogP contribution is 2.31. The van der Waals surface area contributed by atoms with Gasteiger partial charge >= 0.3 is 0 Å². The van der Waals surface area contributed by atoms with Crippen LogP contribution < -0.4 is 30.1 Å². The quantitative estimate of drug-likeness (QED) is 0.235. The molecule has 0 saturated carbocycles. The number of hydrogen-bond acceptors (Lipinski definition) is 9. The Kier molecular flexibility index (Phi) is 7.48. The van der Waals surface area contributed by atoms with Gasteiger partial charge in [-0.05, 0) is 29.8 Å². The monoisotopic (exact) mass is 548 g/mol. The van der Waals surface area contributed by atoms with Crippen molar-refractivity contribution in [1.82, 2.24) is 20.6 Å². The molecule has 5 rings (SSSR count). The topological polar surface area (TPSA) is 144 Å². The highest BCUT2D eigenvalue weighted by Gasteiger charge is 2.25. The summed E-state index contributed by atoms with van der Waals surface area (Å²) in [5.74, 6) is 1.20. The van der Waals surface area contributed by atoms with Gasteiger partial charge in [0.2, 0.25) is 5.91 Å². The number of nitrogens with zero attached hydrogens (tertiary/aromatic N) is 2. The number of para-hydroxylation sites is 2. The summed E-state index contributed by atoms with van der Waals surface area (Å²) in [7, 11) is -0.978. The Balaban J connectivity index is 1.44. The molecule has 12 heteroatoms. The third kappa shape index (κ3) is 6.02. The van der Waals surface area contributed by atoms with Crippen molar-refractivity contribution in [2.45, 2.75) is 11.4 Å². The van der Waals surface area contributed by atoms with Crippen LogP contribution in [0.3, 0.4) is 0 Å². The van der Waals surface area contributed by atoms with Gasteiger partial charge in [0.05, 0.1) is 36.1 Å². The highest BCUT2D eigenvalue weighted by molar-refractivity contribution is 7.92. The molecule has 1 amide bonds. The maximum Gasteiger partial charge on any atom is 0.263 e. The first-order chi connectivity index (χ1) is 18.8. The molecule has 0 atom stereocenters. The van der Waals surface area contributed by atoms with Crippen molar-refractivity contribution >= 4 is 44.3 Å². The Labute approximate surface area is 226 Å². The lowest BCUT2D eigenvalue weighted by molar-refractivity contribution is -0.126. The van der Waals surface area contributed by atoms with Crippen LogP contribution in [0.5, 0.6) is 11.5 Å². The fraction of sp³-hybridized carbons (Fsp3) is 0.222. The van der Waals surface area contributed by atoms with E-state index >= 15 is 0 Å². The van der Waals surface area contributed by atoms with Crippen LogP contribution in [0.25, 0.3) is 11.0 Å². The summed E-state index contributed by atoms with van der Waals surface area (Å²) in [5, 5.41) is 9.06. The second kappa shape index (κ2) is 11.1. The van der Waals surface area contributed by atoms with Gasteiger partial charge in [-0.3, -0.25) is 9.52 Å². The zero-order chi connectivity index (χ0) is 27.4. The Bertz CT molecular complexity index is 1600. The van der Waals surface area contributed by atoms with Crippen LogP contribution in [0.1, 0.15) is 5.56 Å². The Morgan fingerprint density at radius 3 is 2.21 bits per heavy atom. The Hall–Kier alpha value is -4.42. The number of rotatable bonds is 10. The number of hydrogen-bond donors (Lipinski definition) is 4. The summed E-state index contributed by atoms with van der Waals surface area (Å²) in [4.78, 5) is 21.4. The van der Waals surface area contributed by atoms with E-state index in [-0.39, 0.29) is 34.9 Å². The predicted molar refractivity (Wildman–Crippen MR) is 148 cm³/mol.